The normalized spacial score (nSPS) is 12.6. The number of nitrogens with one attached hydrogen (secondary N) is 5. The highest BCUT2D eigenvalue weighted by Crippen LogP contribution is 2.43. The number of phosphoric ester groups is 1. The smallest absolute Gasteiger partial charge is 0.469 e. The van der Waals surface area contributed by atoms with Crippen LogP contribution in [0, 0.1) is 37.9 Å². The molecule has 0 rings (SSSR count). The summed E-state index contributed by atoms with van der Waals surface area (Å²) in [6.07, 6.45) is 27.5. The summed E-state index contributed by atoms with van der Waals surface area (Å²) in [4.78, 5) is 166. The molecule has 0 bridgehead atoms. The fourth-order valence-electron chi connectivity index (χ4n) is 11.4. The van der Waals surface area contributed by atoms with Crippen molar-refractivity contribution >= 4 is 102 Å². The van der Waals surface area contributed by atoms with Gasteiger partial charge in [0.2, 0.25) is 29.5 Å². The van der Waals surface area contributed by atoms with Crippen molar-refractivity contribution in [3.8, 4) is 0 Å². The maximum Gasteiger partial charge on any atom is 0.469 e. The minimum atomic E-state index is -4.46. The molecule has 0 aromatic rings. The molecule has 5 amide bonds. The highest BCUT2D eigenvalue weighted by molar-refractivity contribution is 7.85. The van der Waals surface area contributed by atoms with Crippen LogP contribution in [-0.2, 0) is 95.9 Å². The zero-order valence-corrected chi connectivity index (χ0v) is 104. The second kappa shape index (κ2) is 83.0. The van der Waals surface area contributed by atoms with E-state index in [1.165, 1.54) is 38.6 Å². The van der Waals surface area contributed by atoms with Gasteiger partial charge in [0.15, 0.2) is 17.3 Å². The topological polar surface area (TPSA) is 546 Å². The van der Waals surface area contributed by atoms with Gasteiger partial charge in [-0.05, 0) is 181 Å². The van der Waals surface area contributed by atoms with Crippen molar-refractivity contribution in [1.29, 1.82) is 0 Å². The molecule has 0 aliphatic rings. The summed E-state index contributed by atoms with van der Waals surface area (Å²) >= 11 is 0. The van der Waals surface area contributed by atoms with Gasteiger partial charge in [-0.1, -0.05) is 223 Å². The fourth-order valence-corrected chi connectivity index (χ4v) is 13.7. The van der Waals surface area contributed by atoms with Gasteiger partial charge in [-0.2, -0.15) is 0 Å². The number of carbonyl (C=O) groups excluding carboxylic acids is 10. The van der Waals surface area contributed by atoms with Crippen molar-refractivity contribution < 1.29 is 144 Å². The number of allylic oxidation sites excluding steroid dienone is 3. The minimum Gasteiger partial charge on any atom is -0.748 e. The number of amides is 5. The maximum absolute atomic E-state index is 11.9. The predicted molar refractivity (Wildman–Crippen MR) is 603 cm³/mol. The Bertz CT molecular complexity index is 4080. The number of unbranched alkanes of at least 4 members (excludes halogenated alkanes) is 12. The molecule has 11 N–H and O–H groups in total. The van der Waals surface area contributed by atoms with E-state index < -0.39 is 71.4 Å². The molecule has 886 valence electrons. The number of nitrogens with zero attached hydrogens (tertiary/aromatic N) is 3. The van der Waals surface area contributed by atoms with E-state index in [1.54, 1.807) is 62.3 Å². The Morgan fingerprint density at radius 3 is 0.812 bits per heavy atom. The zero-order chi connectivity index (χ0) is 119. The molecule has 36 nitrogen and oxygen atoms in total. The SMILES string of the molecule is C=C(C)C(=O)CCCCCCCCCNC(=O)C(C)(C)CC.C=C(C)C(=O)CCCCCNC(=O)C(C)(C)CC.C=C(C)C(=O)CCCCCNC(=O)C(C)(C)CC.CCC(C)(C)C(=O)NCCC[N+](C)(C)CCCCS(=O)(=O)[O-].CCC(C)(C)C(=O)OCCC[N+](C)(C)CCCS(=O)(=O)[O-].CCC(C)(C)C(=O)OCCOP(=O)(O)O.CCC(C)P(=O)(O)O.CCC(C)P(=O)(O)O.CCCC[N+](C)(C)CCNC(=O)C(C)(C)CC. The molecule has 0 aliphatic carbocycles. The lowest BCUT2D eigenvalue weighted by atomic mass is 9.89. The molecule has 0 saturated carbocycles. The third-order valence-electron chi connectivity index (χ3n) is 26.9. The van der Waals surface area contributed by atoms with Gasteiger partial charge < -0.3 is 88.0 Å². The van der Waals surface area contributed by atoms with Crippen LogP contribution in [0.1, 0.15) is 406 Å². The number of likely N-dealkylation sites (N-methyl/N-ethyl adjacent to an activating group) is 1. The van der Waals surface area contributed by atoms with Crippen LogP contribution in [0.15, 0.2) is 36.5 Å². The van der Waals surface area contributed by atoms with Gasteiger partial charge in [0.05, 0.1) is 144 Å². The van der Waals surface area contributed by atoms with Crippen molar-refractivity contribution in [2.75, 3.05) is 146 Å². The van der Waals surface area contributed by atoms with Crippen LogP contribution in [0.5, 0.6) is 0 Å². The highest BCUT2D eigenvalue weighted by atomic mass is 32.2. The van der Waals surface area contributed by atoms with Gasteiger partial charge >= 0.3 is 35.0 Å². The molecule has 149 heavy (non-hydrogen) atoms. The third-order valence-corrected chi connectivity index (χ3v) is 32.0. The number of esters is 2. The third kappa shape index (κ3) is 98.0. The Morgan fingerprint density at radius 1 is 0.315 bits per heavy atom. The first-order valence-corrected chi connectivity index (χ1v) is 62.1. The van der Waals surface area contributed by atoms with Gasteiger partial charge in [0, 0.05) is 103 Å². The lowest BCUT2D eigenvalue weighted by Gasteiger charge is -2.30. The summed E-state index contributed by atoms with van der Waals surface area (Å²) in [7, 11) is -7.66. The number of ketones is 3. The molecule has 0 saturated heterocycles. The standard InChI is InChI=1S/C19H35NO2.C15H32N2O4S.2C15H27NO2.C14H30N2O.C14H29NO5S.C8H17O6P.2C4H11O3P/c1-6-19(4,5)18(22)20-15-13-11-9-7-8-10-12-14-17(21)16(2)3;1-6-15(2,3)14(18)16-10-9-12-17(4,5)11-7-8-13-22(19,20)21;2*1-6-15(4,5)14(18)16-11-9-7-8-10-13(17)12(2)3;1-7-9-11-16(5,6)12-10-15-13(17)14(3,4)8-2;1-6-14(2,3)13(16)20-11-7-9-15(4,5)10-8-12-21(17,18)19;1-4-8(2,3)7(9)13-5-6-14-15(10,11)12;2*1-3-4(2)8(5,6)7/h2,6-15H2,1,3-5H3,(H,20,22);6-13H2,1-5H3,(H-,16,18,19,20,21);2*2,6-11H2,1,3-5H3,(H,16,18);7-12H2,1-6H3;6-12H2,1-5H3;4-6H2,1-3H3,(H2,10,11,12);2*4H,3H2,1-2H3,(H2,5,6,7)/p+1. The summed E-state index contributed by atoms with van der Waals surface area (Å²) < 4.78 is 111. The first kappa shape index (κ1) is 161. The molecule has 0 aromatic heterocycles. The molecule has 0 spiro atoms. The van der Waals surface area contributed by atoms with Crippen LogP contribution in [-0.4, -0.2) is 284 Å². The van der Waals surface area contributed by atoms with E-state index >= 15 is 0 Å². The van der Waals surface area contributed by atoms with E-state index in [0.29, 0.717) is 118 Å². The average molecular weight is 2240 g/mol. The summed E-state index contributed by atoms with van der Waals surface area (Å²) in [6, 6.07) is 0. The maximum atomic E-state index is 11.9. The number of rotatable bonds is 70. The molecule has 0 aromatic carbocycles. The van der Waals surface area contributed by atoms with E-state index in [2.05, 4.69) is 92.9 Å². The zero-order valence-electron chi connectivity index (χ0n) is 99.9. The van der Waals surface area contributed by atoms with Gasteiger partial charge in [-0.15, -0.1) is 0 Å². The monoisotopic (exact) mass is 2230 g/mol. The van der Waals surface area contributed by atoms with Crippen molar-refractivity contribution in [2.24, 2.45) is 37.9 Å². The van der Waals surface area contributed by atoms with Crippen LogP contribution < -0.4 is 26.6 Å². The summed E-state index contributed by atoms with van der Waals surface area (Å²) in [5, 5.41) is 14.9. The van der Waals surface area contributed by atoms with Crippen molar-refractivity contribution in [1.82, 2.24) is 26.6 Å². The molecule has 0 radical (unpaired) electrons. The van der Waals surface area contributed by atoms with Crippen LogP contribution >= 0.6 is 23.0 Å². The number of hydrogen-bond donors (Lipinski definition) is 11. The van der Waals surface area contributed by atoms with Crippen LogP contribution in [0.2, 0.25) is 0 Å². The van der Waals surface area contributed by atoms with Gasteiger partial charge in [0.1, 0.15) is 6.61 Å². The lowest BCUT2D eigenvalue weighted by Crippen LogP contribution is -2.47. The summed E-state index contributed by atoms with van der Waals surface area (Å²) in [5.74, 6) is -0.0569. The number of ether oxygens (including phenoxy) is 2. The van der Waals surface area contributed by atoms with Crippen LogP contribution in [0.25, 0.3) is 0 Å². The van der Waals surface area contributed by atoms with Crippen LogP contribution in [0.3, 0.4) is 0 Å². The molecule has 2 unspecified atom stereocenters. The van der Waals surface area contributed by atoms with Gasteiger partial charge in [0.25, 0.3) is 0 Å². The molecule has 0 heterocycles. The quantitative estimate of drug-likeness (QED) is 0.00673. The predicted octanol–water partition coefficient (Wildman–Crippen LogP) is 19.4. The Morgan fingerprint density at radius 2 is 0.550 bits per heavy atom. The van der Waals surface area contributed by atoms with Gasteiger partial charge in [-0.25, -0.2) is 21.4 Å². The average Bonchev–Trinajstić information content (AvgIpc) is 0.903. The molecule has 0 fully saturated rings. The molecule has 2 atom stereocenters. The Labute approximate surface area is 905 Å². The Balaban J connectivity index is -0.000000214. The summed E-state index contributed by atoms with van der Waals surface area (Å²) in [5.41, 5.74) is -1.43. The Kier molecular flexibility index (Phi) is 89.8. The van der Waals surface area contributed by atoms with Crippen LogP contribution in [0.4, 0.5) is 0 Å². The number of hydrogen-bond acceptors (Lipinski definition) is 22. The first-order chi connectivity index (χ1) is 67.6. The van der Waals surface area contributed by atoms with Gasteiger partial charge in [-0.3, -0.25) is 61.6 Å². The molecular formula is C108H220N8O28P3S2+. The molecule has 41 heteroatoms. The first-order valence-electron chi connectivity index (χ1n) is 54.1. The second-order valence-electron chi connectivity index (χ2n) is 45.5. The second-order valence-corrected chi connectivity index (χ2v) is 53.9. The minimum absolute atomic E-state index is 0.0842. The van der Waals surface area contributed by atoms with E-state index in [4.69, 9.17) is 38.8 Å². The highest BCUT2D eigenvalue weighted by Gasteiger charge is 2.33. The number of phosphoric acid groups is 1. The molecular weight excluding hydrogens is 2010 g/mol. The van der Waals surface area contributed by atoms with E-state index in [-0.39, 0.29) is 105 Å². The van der Waals surface area contributed by atoms with E-state index in [0.717, 1.165) is 157 Å². The molecule has 0 aliphatic heterocycles. The van der Waals surface area contributed by atoms with E-state index in [9.17, 15) is 87.6 Å². The summed E-state index contributed by atoms with van der Waals surface area (Å²) in [6.45, 7) is 74.6. The van der Waals surface area contributed by atoms with Crippen molar-refractivity contribution in [2.45, 2.75) is 418 Å². The Hall–Kier alpha value is -5.37. The van der Waals surface area contributed by atoms with Crippen molar-refractivity contribution in [3.05, 3.63) is 36.5 Å². The largest absolute Gasteiger partial charge is 0.748 e. The fraction of sp³-hybridized carbons (Fsp3) is 0.852. The van der Waals surface area contributed by atoms with Crippen molar-refractivity contribution in [3.63, 3.8) is 0 Å². The number of carbonyl (C=O) groups is 10. The lowest BCUT2D eigenvalue weighted by molar-refractivity contribution is -0.890. The number of quaternary nitrogens is 3. The number of Topliss-reactive ketones (excluding diaryl/α,β-unsaturated/α-hetero) is 3. The van der Waals surface area contributed by atoms with E-state index in [1.807, 2.05) is 139 Å².